The number of nitrogens with one attached hydrogen (secondary N) is 1. The average Bonchev–Trinajstić information content (AvgIpc) is 2.27. The quantitative estimate of drug-likeness (QED) is 0.646. The third-order valence-corrected chi connectivity index (χ3v) is 4.05. The van der Waals surface area contributed by atoms with Crippen molar-refractivity contribution in [3.63, 3.8) is 0 Å². The first kappa shape index (κ1) is 13.8. The number of benzene rings is 1. The van der Waals surface area contributed by atoms with Crippen LogP contribution in [0.2, 0.25) is 25.7 Å². The standard InChI is InChI=1S/C13H21NO2Si/c1-16-13(15)12(10-17(2,3)4)14-11-8-6-5-7-9-11/h5-9,12,14H,10H2,1-4H3/t12-/m1/s1. The minimum absolute atomic E-state index is 0.184. The molecular weight excluding hydrogens is 230 g/mol. The molecule has 1 aromatic rings. The van der Waals surface area contributed by atoms with Crippen molar-refractivity contribution in [2.24, 2.45) is 0 Å². The van der Waals surface area contributed by atoms with Gasteiger partial charge in [-0.25, -0.2) is 4.79 Å². The minimum Gasteiger partial charge on any atom is -0.467 e. The van der Waals surface area contributed by atoms with Crippen molar-refractivity contribution in [2.75, 3.05) is 12.4 Å². The predicted octanol–water partition coefficient (Wildman–Crippen LogP) is 2.98. The Morgan fingerprint density at radius 3 is 2.35 bits per heavy atom. The maximum atomic E-state index is 11.7. The second kappa shape index (κ2) is 5.86. The van der Waals surface area contributed by atoms with Crippen LogP contribution in [0.25, 0.3) is 0 Å². The van der Waals surface area contributed by atoms with Gasteiger partial charge in [-0.15, -0.1) is 0 Å². The topological polar surface area (TPSA) is 38.3 Å². The highest BCUT2D eigenvalue weighted by Crippen LogP contribution is 2.17. The summed E-state index contributed by atoms with van der Waals surface area (Å²) in [6, 6.07) is 10.4. The minimum atomic E-state index is -1.32. The summed E-state index contributed by atoms with van der Waals surface area (Å²) in [5.41, 5.74) is 0.959. The molecule has 1 atom stereocenters. The fourth-order valence-electron chi connectivity index (χ4n) is 1.68. The largest absolute Gasteiger partial charge is 0.467 e. The highest BCUT2D eigenvalue weighted by Gasteiger charge is 2.26. The summed E-state index contributed by atoms with van der Waals surface area (Å²) in [6.07, 6.45) is 0. The zero-order valence-corrected chi connectivity index (χ0v) is 12.0. The van der Waals surface area contributed by atoms with Crippen molar-refractivity contribution < 1.29 is 9.53 Å². The van der Waals surface area contributed by atoms with Gasteiger partial charge < -0.3 is 10.1 Å². The van der Waals surface area contributed by atoms with Crippen LogP contribution >= 0.6 is 0 Å². The second-order valence-corrected chi connectivity index (χ2v) is 10.9. The van der Waals surface area contributed by atoms with E-state index in [-0.39, 0.29) is 12.0 Å². The van der Waals surface area contributed by atoms with Crippen LogP contribution in [-0.2, 0) is 9.53 Å². The number of hydrogen-bond donors (Lipinski definition) is 1. The van der Waals surface area contributed by atoms with Gasteiger partial charge in [-0.3, -0.25) is 0 Å². The predicted molar refractivity (Wildman–Crippen MR) is 74.0 cm³/mol. The summed E-state index contributed by atoms with van der Waals surface area (Å²) in [7, 11) is 0.120. The Balaban J connectivity index is 2.74. The van der Waals surface area contributed by atoms with Gasteiger partial charge >= 0.3 is 5.97 Å². The molecule has 0 radical (unpaired) electrons. The van der Waals surface area contributed by atoms with Gasteiger partial charge in [0.05, 0.1) is 7.11 Å². The highest BCUT2D eigenvalue weighted by atomic mass is 28.3. The van der Waals surface area contributed by atoms with Gasteiger partial charge in [0.15, 0.2) is 0 Å². The molecule has 0 bridgehead atoms. The van der Waals surface area contributed by atoms with Crippen molar-refractivity contribution in [1.29, 1.82) is 0 Å². The Hall–Kier alpha value is -1.29. The molecule has 1 rings (SSSR count). The van der Waals surface area contributed by atoms with Gasteiger partial charge in [0.2, 0.25) is 0 Å². The zero-order valence-electron chi connectivity index (χ0n) is 11.0. The first-order valence-corrected chi connectivity index (χ1v) is 9.52. The van der Waals surface area contributed by atoms with Crippen LogP contribution in [0.4, 0.5) is 5.69 Å². The molecule has 0 aromatic heterocycles. The molecule has 4 heteroatoms. The van der Waals surface area contributed by atoms with Crippen molar-refractivity contribution in [1.82, 2.24) is 0 Å². The van der Waals surface area contributed by atoms with E-state index >= 15 is 0 Å². The van der Waals surface area contributed by atoms with Gasteiger partial charge in [-0.2, -0.15) is 0 Å². The van der Waals surface area contributed by atoms with E-state index < -0.39 is 8.07 Å². The third kappa shape index (κ3) is 5.04. The van der Waals surface area contributed by atoms with E-state index in [0.717, 1.165) is 11.7 Å². The summed E-state index contributed by atoms with van der Waals surface area (Å²) in [4.78, 5) is 11.7. The number of carbonyl (C=O) groups is 1. The molecular formula is C13H21NO2Si. The molecule has 94 valence electrons. The number of esters is 1. The van der Waals surface area contributed by atoms with Gasteiger partial charge in [-0.05, 0) is 18.2 Å². The zero-order chi connectivity index (χ0) is 12.9. The molecule has 0 unspecified atom stereocenters. The Kier molecular flexibility index (Phi) is 4.75. The average molecular weight is 251 g/mol. The van der Waals surface area contributed by atoms with E-state index in [2.05, 4.69) is 25.0 Å². The molecule has 1 aromatic carbocycles. The molecule has 1 N–H and O–H groups in total. The second-order valence-electron chi connectivity index (χ2n) is 5.35. The Labute approximate surface area is 104 Å². The fourth-order valence-corrected chi connectivity index (χ4v) is 3.18. The summed E-state index contributed by atoms with van der Waals surface area (Å²) < 4.78 is 4.85. The summed E-state index contributed by atoms with van der Waals surface area (Å²) in [6.45, 7) is 6.74. The van der Waals surface area contributed by atoms with Crippen LogP contribution in [0.15, 0.2) is 30.3 Å². The maximum Gasteiger partial charge on any atom is 0.327 e. The summed E-state index contributed by atoms with van der Waals surface area (Å²) in [5, 5.41) is 3.25. The molecule has 0 saturated carbocycles. The lowest BCUT2D eigenvalue weighted by Crippen LogP contribution is -2.38. The van der Waals surface area contributed by atoms with Crippen LogP contribution in [0, 0.1) is 0 Å². The Morgan fingerprint density at radius 2 is 1.88 bits per heavy atom. The lowest BCUT2D eigenvalue weighted by Gasteiger charge is -2.24. The van der Waals surface area contributed by atoms with Gasteiger partial charge in [0.1, 0.15) is 6.04 Å². The molecule has 17 heavy (non-hydrogen) atoms. The van der Waals surface area contributed by atoms with Crippen LogP contribution in [0.1, 0.15) is 0 Å². The van der Waals surface area contributed by atoms with Gasteiger partial charge in [0, 0.05) is 13.8 Å². The van der Waals surface area contributed by atoms with Crippen molar-refractivity contribution in [3.8, 4) is 0 Å². The van der Waals surface area contributed by atoms with E-state index in [4.69, 9.17) is 4.74 Å². The van der Waals surface area contributed by atoms with Crippen molar-refractivity contribution in [2.45, 2.75) is 31.7 Å². The van der Waals surface area contributed by atoms with E-state index in [0.29, 0.717) is 0 Å². The fraction of sp³-hybridized carbons (Fsp3) is 0.462. The Bertz CT molecular complexity index is 359. The van der Waals surface area contributed by atoms with E-state index in [1.54, 1.807) is 0 Å². The molecule has 0 heterocycles. The molecule has 0 saturated heterocycles. The highest BCUT2D eigenvalue weighted by molar-refractivity contribution is 6.76. The number of rotatable bonds is 5. The van der Waals surface area contributed by atoms with Gasteiger partial charge in [0.25, 0.3) is 0 Å². The number of hydrogen-bond acceptors (Lipinski definition) is 3. The molecule has 0 aliphatic heterocycles. The first-order valence-electron chi connectivity index (χ1n) is 5.82. The maximum absolute atomic E-state index is 11.7. The number of ether oxygens (including phenoxy) is 1. The number of para-hydroxylation sites is 1. The monoisotopic (exact) mass is 251 g/mol. The SMILES string of the molecule is COC(=O)[C@@H](C[Si](C)(C)C)Nc1ccccc1. The van der Waals surface area contributed by atoms with Gasteiger partial charge in [-0.1, -0.05) is 37.8 Å². The molecule has 0 aliphatic carbocycles. The summed E-state index contributed by atoms with van der Waals surface area (Å²) in [5.74, 6) is -0.184. The summed E-state index contributed by atoms with van der Waals surface area (Å²) >= 11 is 0. The van der Waals surface area contributed by atoms with Crippen molar-refractivity contribution in [3.05, 3.63) is 30.3 Å². The van der Waals surface area contributed by atoms with E-state index in [1.807, 2.05) is 30.3 Å². The Morgan fingerprint density at radius 1 is 1.29 bits per heavy atom. The molecule has 0 aliphatic rings. The van der Waals surface area contributed by atoms with E-state index in [9.17, 15) is 4.79 Å². The van der Waals surface area contributed by atoms with Crippen LogP contribution in [0.3, 0.4) is 0 Å². The van der Waals surface area contributed by atoms with Crippen molar-refractivity contribution >= 4 is 19.7 Å². The molecule has 0 amide bonds. The lowest BCUT2D eigenvalue weighted by molar-refractivity contribution is -0.141. The van der Waals surface area contributed by atoms with Crippen LogP contribution < -0.4 is 5.32 Å². The van der Waals surface area contributed by atoms with Crippen LogP contribution in [0.5, 0.6) is 0 Å². The first-order chi connectivity index (χ1) is 7.92. The lowest BCUT2D eigenvalue weighted by atomic mass is 10.2. The number of methoxy groups -OCH3 is 1. The molecule has 3 nitrogen and oxygen atoms in total. The number of carbonyl (C=O) groups excluding carboxylic acids is 1. The smallest absolute Gasteiger partial charge is 0.327 e. The molecule has 0 spiro atoms. The van der Waals surface area contributed by atoms with Crippen LogP contribution in [-0.4, -0.2) is 27.2 Å². The normalized spacial score (nSPS) is 12.9. The number of anilines is 1. The van der Waals surface area contributed by atoms with E-state index in [1.165, 1.54) is 7.11 Å². The third-order valence-electron chi connectivity index (χ3n) is 2.42. The molecule has 0 fully saturated rings.